The van der Waals surface area contributed by atoms with E-state index in [0.29, 0.717) is 0 Å². The number of hydrogen-bond acceptors (Lipinski definition) is 6. The Balaban J connectivity index is 1.27. The Morgan fingerprint density at radius 1 is 1.23 bits per heavy atom. The number of nitrogens with zero attached hydrogens (tertiary/aromatic N) is 2. The zero-order valence-electron chi connectivity index (χ0n) is 14.6. The SMILES string of the molecule is O=[N+]([O-])c1ccc(-c2ccc(CNCC3CN(C4CC4)CCO3)s2)cc1. The third kappa shape index (κ3) is 4.29. The Kier molecular flexibility index (Phi) is 5.31. The van der Waals surface area contributed by atoms with Crippen LogP contribution in [-0.2, 0) is 11.3 Å². The van der Waals surface area contributed by atoms with Crippen LogP contribution in [-0.4, -0.2) is 48.2 Å². The molecule has 1 N–H and O–H groups in total. The van der Waals surface area contributed by atoms with E-state index in [1.54, 1.807) is 23.5 Å². The molecule has 1 atom stereocenters. The van der Waals surface area contributed by atoms with Crippen LogP contribution in [0.25, 0.3) is 10.4 Å². The summed E-state index contributed by atoms with van der Waals surface area (Å²) in [6.07, 6.45) is 2.97. The van der Waals surface area contributed by atoms with Crippen molar-refractivity contribution in [3.05, 3.63) is 51.4 Å². The molecule has 2 aromatic rings. The molecule has 2 fully saturated rings. The van der Waals surface area contributed by atoms with Gasteiger partial charge < -0.3 is 10.1 Å². The van der Waals surface area contributed by atoms with Crippen molar-refractivity contribution in [2.45, 2.75) is 31.5 Å². The van der Waals surface area contributed by atoms with Crippen LogP contribution in [0.4, 0.5) is 5.69 Å². The number of thiophene rings is 1. The van der Waals surface area contributed by atoms with E-state index in [2.05, 4.69) is 22.3 Å². The Labute approximate surface area is 156 Å². The second-order valence-corrected chi connectivity index (χ2v) is 8.09. The van der Waals surface area contributed by atoms with Gasteiger partial charge in [-0.3, -0.25) is 15.0 Å². The van der Waals surface area contributed by atoms with Gasteiger partial charge in [-0.25, -0.2) is 0 Å². The van der Waals surface area contributed by atoms with Crippen LogP contribution < -0.4 is 5.32 Å². The van der Waals surface area contributed by atoms with E-state index < -0.39 is 0 Å². The molecule has 1 saturated heterocycles. The molecule has 1 aromatic heterocycles. The average Bonchev–Trinajstić information content (AvgIpc) is 3.41. The molecule has 0 amide bonds. The van der Waals surface area contributed by atoms with Gasteiger partial charge in [0.1, 0.15) is 0 Å². The van der Waals surface area contributed by atoms with Gasteiger partial charge in [0.25, 0.3) is 5.69 Å². The first-order valence-electron chi connectivity index (χ1n) is 9.09. The summed E-state index contributed by atoms with van der Waals surface area (Å²) >= 11 is 1.72. The van der Waals surface area contributed by atoms with E-state index in [1.807, 2.05) is 12.1 Å². The number of hydrogen-bond donors (Lipinski definition) is 1. The van der Waals surface area contributed by atoms with Gasteiger partial charge in [-0.05, 0) is 42.7 Å². The Morgan fingerprint density at radius 3 is 2.77 bits per heavy atom. The number of nitro groups is 1. The second kappa shape index (κ2) is 7.84. The zero-order valence-corrected chi connectivity index (χ0v) is 15.4. The third-order valence-electron chi connectivity index (χ3n) is 4.93. The third-order valence-corrected chi connectivity index (χ3v) is 6.06. The smallest absolute Gasteiger partial charge is 0.269 e. The van der Waals surface area contributed by atoms with Crippen molar-refractivity contribution in [2.75, 3.05) is 26.2 Å². The minimum Gasteiger partial charge on any atom is -0.374 e. The molecule has 1 aliphatic carbocycles. The number of nitrogens with one attached hydrogen (secondary N) is 1. The zero-order chi connectivity index (χ0) is 17.9. The van der Waals surface area contributed by atoms with Crippen LogP contribution in [0.2, 0.25) is 0 Å². The van der Waals surface area contributed by atoms with Gasteiger partial charge in [0, 0.05) is 54.1 Å². The molecule has 2 aliphatic rings. The molecule has 0 bridgehead atoms. The van der Waals surface area contributed by atoms with E-state index in [9.17, 15) is 10.1 Å². The summed E-state index contributed by atoms with van der Waals surface area (Å²) in [7, 11) is 0. The second-order valence-electron chi connectivity index (χ2n) is 6.92. The van der Waals surface area contributed by atoms with Crippen LogP contribution in [0.3, 0.4) is 0 Å². The molecule has 1 aromatic carbocycles. The predicted octanol–water partition coefficient (Wildman–Crippen LogP) is 3.28. The van der Waals surface area contributed by atoms with Gasteiger partial charge in [0.05, 0.1) is 17.6 Å². The highest BCUT2D eigenvalue weighted by Crippen LogP contribution is 2.30. The van der Waals surface area contributed by atoms with Crippen molar-refractivity contribution < 1.29 is 9.66 Å². The summed E-state index contributed by atoms with van der Waals surface area (Å²) in [6, 6.07) is 11.7. The molecule has 1 saturated carbocycles. The van der Waals surface area contributed by atoms with Crippen molar-refractivity contribution in [3.63, 3.8) is 0 Å². The molecule has 1 unspecified atom stereocenters. The fourth-order valence-electron chi connectivity index (χ4n) is 3.37. The summed E-state index contributed by atoms with van der Waals surface area (Å²) in [4.78, 5) is 15.3. The summed E-state index contributed by atoms with van der Waals surface area (Å²) in [5, 5.41) is 14.3. The number of nitro benzene ring substituents is 1. The molecule has 6 nitrogen and oxygen atoms in total. The summed E-state index contributed by atoms with van der Waals surface area (Å²) in [5.41, 5.74) is 1.14. The minimum absolute atomic E-state index is 0.125. The molecule has 1 aliphatic heterocycles. The lowest BCUT2D eigenvalue weighted by molar-refractivity contribution is -0.384. The number of benzene rings is 1. The van der Waals surface area contributed by atoms with Crippen molar-refractivity contribution in [2.24, 2.45) is 0 Å². The highest BCUT2D eigenvalue weighted by molar-refractivity contribution is 7.15. The first-order valence-corrected chi connectivity index (χ1v) is 9.90. The molecule has 2 heterocycles. The van der Waals surface area contributed by atoms with Crippen molar-refractivity contribution >= 4 is 17.0 Å². The van der Waals surface area contributed by atoms with Gasteiger partial charge in [-0.1, -0.05) is 0 Å². The Morgan fingerprint density at radius 2 is 2.04 bits per heavy atom. The van der Waals surface area contributed by atoms with E-state index in [1.165, 1.54) is 17.7 Å². The fourth-order valence-corrected chi connectivity index (χ4v) is 4.35. The standard InChI is InChI=1S/C19H23N3O3S/c23-22(24)16-3-1-14(2-4-16)19-8-7-18(26-19)12-20-11-17-13-21(9-10-25-17)15-5-6-15/h1-4,7-8,15,17,20H,5-6,9-13H2. The van der Waals surface area contributed by atoms with E-state index in [-0.39, 0.29) is 16.7 Å². The average molecular weight is 373 g/mol. The van der Waals surface area contributed by atoms with Crippen LogP contribution in [0.15, 0.2) is 36.4 Å². The fraction of sp³-hybridized carbons (Fsp3) is 0.474. The number of non-ortho nitro benzene ring substituents is 1. The summed E-state index contributed by atoms with van der Waals surface area (Å²) in [6.45, 7) is 4.64. The lowest BCUT2D eigenvalue weighted by Crippen LogP contribution is -2.47. The Hall–Kier alpha value is -1.80. The number of morpholine rings is 1. The predicted molar refractivity (Wildman–Crippen MR) is 102 cm³/mol. The van der Waals surface area contributed by atoms with Crippen molar-refractivity contribution in [1.29, 1.82) is 0 Å². The lowest BCUT2D eigenvalue weighted by Gasteiger charge is -2.33. The highest BCUT2D eigenvalue weighted by atomic mass is 32.1. The maximum absolute atomic E-state index is 10.7. The largest absolute Gasteiger partial charge is 0.374 e. The molecule has 138 valence electrons. The maximum Gasteiger partial charge on any atom is 0.269 e. The van der Waals surface area contributed by atoms with Crippen molar-refractivity contribution in [3.8, 4) is 10.4 Å². The van der Waals surface area contributed by atoms with E-state index in [0.717, 1.165) is 49.3 Å². The summed E-state index contributed by atoms with van der Waals surface area (Å²) < 4.78 is 5.87. The van der Waals surface area contributed by atoms with Gasteiger partial charge in [0.2, 0.25) is 0 Å². The van der Waals surface area contributed by atoms with Crippen LogP contribution in [0.5, 0.6) is 0 Å². The minimum atomic E-state index is -0.370. The first kappa shape index (κ1) is 17.6. The Bertz CT molecular complexity index is 758. The van der Waals surface area contributed by atoms with E-state index >= 15 is 0 Å². The van der Waals surface area contributed by atoms with Gasteiger partial charge in [0.15, 0.2) is 0 Å². The first-order chi connectivity index (χ1) is 12.7. The highest BCUT2D eigenvalue weighted by Gasteiger charge is 2.32. The maximum atomic E-state index is 10.7. The monoisotopic (exact) mass is 373 g/mol. The lowest BCUT2D eigenvalue weighted by atomic mass is 10.2. The van der Waals surface area contributed by atoms with Crippen molar-refractivity contribution in [1.82, 2.24) is 10.2 Å². The molecular formula is C19H23N3O3S. The van der Waals surface area contributed by atoms with Gasteiger partial charge in [-0.15, -0.1) is 11.3 Å². The molecule has 0 radical (unpaired) electrons. The molecule has 4 rings (SSSR count). The topological polar surface area (TPSA) is 67.6 Å². The van der Waals surface area contributed by atoms with Gasteiger partial charge >= 0.3 is 0 Å². The summed E-state index contributed by atoms with van der Waals surface area (Å²) in [5.74, 6) is 0. The number of rotatable bonds is 7. The number of ether oxygens (including phenoxy) is 1. The van der Waals surface area contributed by atoms with Crippen LogP contribution in [0, 0.1) is 10.1 Å². The van der Waals surface area contributed by atoms with Crippen LogP contribution >= 0.6 is 11.3 Å². The molecule has 26 heavy (non-hydrogen) atoms. The molecule has 7 heteroatoms. The molecule has 0 spiro atoms. The van der Waals surface area contributed by atoms with Crippen LogP contribution in [0.1, 0.15) is 17.7 Å². The quantitative estimate of drug-likeness (QED) is 0.596. The van der Waals surface area contributed by atoms with Gasteiger partial charge in [-0.2, -0.15) is 0 Å². The molecular weight excluding hydrogens is 350 g/mol. The normalized spacial score (nSPS) is 21.0. The van der Waals surface area contributed by atoms with E-state index in [4.69, 9.17) is 4.74 Å².